The quantitative estimate of drug-likeness (QED) is 0.761. The lowest BCUT2D eigenvalue weighted by molar-refractivity contribution is 0.0638. The van der Waals surface area contributed by atoms with Gasteiger partial charge >= 0.3 is 0 Å². The Hall–Kier alpha value is -1.60. The molecular weight excluding hydrogens is 226 g/mol. The van der Waals surface area contributed by atoms with Crippen molar-refractivity contribution >= 4 is 5.82 Å². The van der Waals surface area contributed by atoms with Crippen molar-refractivity contribution in [2.75, 3.05) is 24.7 Å². The summed E-state index contributed by atoms with van der Waals surface area (Å²) in [5, 5.41) is 9.34. The van der Waals surface area contributed by atoms with Crippen molar-refractivity contribution in [3.8, 4) is 6.07 Å². The number of rotatable bonds is 1. The first-order chi connectivity index (χ1) is 8.45. The van der Waals surface area contributed by atoms with E-state index >= 15 is 0 Å². The smallest absolute Gasteiger partial charge is 0.147 e. The third-order valence-electron chi connectivity index (χ3n) is 3.34. The third kappa shape index (κ3) is 2.19. The standard InChI is InChI=1S/C14H19N3O/c1-10-7-11(2)16-13(12(10)8-15)17-5-6-18-9-14(17,3)4/h7H,5-6,9H2,1-4H3. The van der Waals surface area contributed by atoms with Crippen molar-refractivity contribution in [2.24, 2.45) is 0 Å². The zero-order chi connectivity index (χ0) is 13.3. The molecule has 0 atom stereocenters. The number of hydrogen-bond donors (Lipinski definition) is 0. The number of anilines is 1. The molecule has 0 aliphatic carbocycles. The fourth-order valence-corrected chi connectivity index (χ4v) is 2.40. The molecule has 0 bridgehead atoms. The number of nitrogens with zero attached hydrogens (tertiary/aromatic N) is 3. The Balaban J connectivity index is 2.53. The third-order valence-corrected chi connectivity index (χ3v) is 3.34. The van der Waals surface area contributed by atoms with E-state index in [4.69, 9.17) is 4.74 Å². The molecule has 2 heterocycles. The highest BCUT2D eigenvalue weighted by Gasteiger charge is 2.33. The first kappa shape index (κ1) is 12.8. The van der Waals surface area contributed by atoms with Gasteiger partial charge in [-0.25, -0.2) is 4.98 Å². The molecule has 1 aliphatic rings. The zero-order valence-corrected chi connectivity index (χ0v) is 11.4. The summed E-state index contributed by atoms with van der Waals surface area (Å²) in [6, 6.07) is 4.24. The average molecular weight is 245 g/mol. The first-order valence-corrected chi connectivity index (χ1v) is 6.19. The molecule has 1 aliphatic heterocycles. The monoisotopic (exact) mass is 245 g/mol. The molecule has 1 saturated heterocycles. The highest BCUT2D eigenvalue weighted by Crippen LogP contribution is 2.29. The van der Waals surface area contributed by atoms with Crippen LogP contribution in [-0.2, 0) is 4.74 Å². The Kier molecular flexibility index (Phi) is 3.27. The second kappa shape index (κ2) is 4.58. The summed E-state index contributed by atoms with van der Waals surface area (Å²) in [6.45, 7) is 10.3. The molecule has 1 aromatic rings. The Morgan fingerprint density at radius 2 is 2.17 bits per heavy atom. The maximum atomic E-state index is 9.34. The number of ether oxygens (including phenoxy) is 1. The van der Waals surface area contributed by atoms with Crippen molar-refractivity contribution in [1.82, 2.24) is 4.98 Å². The van der Waals surface area contributed by atoms with Crippen molar-refractivity contribution in [3.05, 3.63) is 22.9 Å². The Morgan fingerprint density at radius 1 is 1.44 bits per heavy atom. The van der Waals surface area contributed by atoms with E-state index in [1.54, 1.807) is 0 Å². The highest BCUT2D eigenvalue weighted by molar-refractivity contribution is 5.59. The van der Waals surface area contributed by atoms with Gasteiger partial charge in [-0.05, 0) is 39.3 Å². The van der Waals surface area contributed by atoms with Gasteiger partial charge < -0.3 is 9.64 Å². The molecule has 0 amide bonds. The summed E-state index contributed by atoms with van der Waals surface area (Å²) in [6.07, 6.45) is 0. The van der Waals surface area contributed by atoms with Crippen LogP contribution in [0, 0.1) is 25.2 Å². The summed E-state index contributed by atoms with van der Waals surface area (Å²) in [7, 11) is 0. The number of nitriles is 1. The first-order valence-electron chi connectivity index (χ1n) is 6.19. The topological polar surface area (TPSA) is 49.2 Å². The van der Waals surface area contributed by atoms with Gasteiger partial charge in [0.25, 0.3) is 0 Å². The Labute approximate surface area is 108 Å². The van der Waals surface area contributed by atoms with Crippen LogP contribution in [0.2, 0.25) is 0 Å². The van der Waals surface area contributed by atoms with Crippen molar-refractivity contribution in [3.63, 3.8) is 0 Å². The number of pyridine rings is 1. The molecule has 0 radical (unpaired) electrons. The van der Waals surface area contributed by atoms with Gasteiger partial charge in [0.15, 0.2) is 0 Å². The van der Waals surface area contributed by atoms with Crippen LogP contribution in [0.5, 0.6) is 0 Å². The summed E-state index contributed by atoms with van der Waals surface area (Å²) < 4.78 is 5.52. The van der Waals surface area contributed by atoms with E-state index in [0.717, 1.165) is 23.6 Å². The predicted octanol–water partition coefficient (Wildman–Crippen LogP) is 2.19. The van der Waals surface area contributed by atoms with Gasteiger partial charge in [0.1, 0.15) is 11.9 Å². The molecule has 0 unspecified atom stereocenters. The van der Waals surface area contributed by atoms with Crippen molar-refractivity contribution in [1.29, 1.82) is 5.26 Å². The fraction of sp³-hybridized carbons (Fsp3) is 0.571. The van der Waals surface area contributed by atoms with Crippen LogP contribution in [0.25, 0.3) is 0 Å². The van der Waals surface area contributed by atoms with E-state index in [1.807, 2.05) is 19.9 Å². The van der Waals surface area contributed by atoms with Gasteiger partial charge in [0.2, 0.25) is 0 Å². The van der Waals surface area contributed by atoms with Gasteiger partial charge in [-0.3, -0.25) is 0 Å². The van der Waals surface area contributed by atoms with Crippen molar-refractivity contribution < 1.29 is 4.74 Å². The summed E-state index contributed by atoms with van der Waals surface area (Å²) in [5.74, 6) is 0.795. The molecular formula is C14H19N3O. The second-order valence-corrected chi connectivity index (χ2v) is 5.41. The van der Waals surface area contributed by atoms with E-state index in [-0.39, 0.29) is 5.54 Å². The SMILES string of the molecule is Cc1cc(C)c(C#N)c(N2CCOCC2(C)C)n1. The van der Waals surface area contributed by atoms with E-state index in [0.29, 0.717) is 18.8 Å². The Bertz CT molecular complexity index is 502. The van der Waals surface area contributed by atoms with Crippen LogP contribution in [0.4, 0.5) is 5.82 Å². The molecule has 4 nitrogen and oxygen atoms in total. The minimum absolute atomic E-state index is 0.128. The highest BCUT2D eigenvalue weighted by atomic mass is 16.5. The van der Waals surface area contributed by atoms with Crippen LogP contribution in [0.15, 0.2) is 6.07 Å². The number of aryl methyl sites for hydroxylation is 2. The maximum Gasteiger partial charge on any atom is 0.147 e. The van der Waals surface area contributed by atoms with Gasteiger partial charge in [0, 0.05) is 12.2 Å². The number of hydrogen-bond acceptors (Lipinski definition) is 4. The lowest BCUT2D eigenvalue weighted by atomic mass is 10.0. The molecule has 0 spiro atoms. The van der Waals surface area contributed by atoms with Crippen LogP contribution in [0.3, 0.4) is 0 Å². The molecule has 1 fully saturated rings. The largest absolute Gasteiger partial charge is 0.377 e. The van der Waals surface area contributed by atoms with Gasteiger partial charge in [-0.2, -0.15) is 5.26 Å². The number of morpholine rings is 1. The van der Waals surface area contributed by atoms with Crippen LogP contribution in [0.1, 0.15) is 30.7 Å². The summed E-state index contributed by atoms with van der Waals surface area (Å²) in [4.78, 5) is 6.76. The lowest BCUT2D eigenvalue weighted by Gasteiger charge is -2.43. The molecule has 0 saturated carbocycles. The number of aromatic nitrogens is 1. The van der Waals surface area contributed by atoms with E-state index in [2.05, 4.69) is 29.8 Å². The molecule has 18 heavy (non-hydrogen) atoms. The fourth-order valence-electron chi connectivity index (χ4n) is 2.40. The average Bonchev–Trinajstić information content (AvgIpc) is 2.27. The molecule has 1 aromatic heterocycles. The molecule has 2 rings (SSSR count). The van der Waals surface area contributed by atoms with Crippen LogP contribution < -0.4 is 4.90 Å². The minimum atomic E-state index is -0.128. The van der Waals surface area contributed by atoms with Crippen LogP contribution in [-0.4, -0.2) is 30.3 Å². The van der Waals surface area contributed by atoms with Gasteiger partial charge in [-0.15, -0.1) is 0 Å². The zero-order valence-electron chi connectivity index (χ0n) is 11.4. The minimum Gasteiger partial charge on any atom is -0.377 e. The summed E-state index contributed by atoms with van der Waals surface area (Å²) in [5.41, 5.74) is 2.48. The molecule has 96 valence electrons. The Morgan fingerprint density at radius 3 is 2.78 bits per heavy atom. The molecule has 0 aromatic carbocycles. The second-order valence-electron chi connectivity index (χ2n) is 5.41. The summed E-state index contributed by atoms with van der Waals surface area (Å²) >= 11 is 0. The van der Waals surface area contributed by atoms with E-state index < -0.39 is 0 Å². The molecule has 0 N–H and O–H groups in total. The van der Waals surface area contributed by atoms with Crippen molar-refractivity contribution in [2.45, 2.75) is 33.2 Å². The van der Waals surface area contributed by atoms with Crippen LogP contribution >= 0.6 is 0 Å². The van der Waals surface area contributed by atoms with Gasteiger partial charge in [0.05, 0.1) is 24.3 Å². The molecule has 4 heteroatoms. The van der Waals surface area contributed by atoms with E-state index in [1.165, 1.54) is 0 Å². The lowest BCUT2D eigenvalue weighted by Crippen LogP contribution is -2.53. The predicted molar refractivity (Wildman–Crippen MR) is 70.7 cm³/mol. The van der Waals surface area contributed by atoms with Gasteiger partial charge in [-0.1, -0.05) is 0 Å². The maximum absolute atomic E-state index is 9.34. The van der Waals surface area contributed by atoms with E-state index in [9.17, 15) is 5.26 Å². The normalized spacial score (nSPS) is 18.5.